The second kappa shape index (κ2) is 8.28. The summed E-state index contributed by atoms with van der Waals surface area (Å²) in [6.45, 7) is 8.94. The van der Waals surface area contributed by atoms with Crippen molar-refractivity contribution in [3.05, 3.63) is 34.9 Å². The summed E-state index contributed by atoms with van der Waals surface area (Å²) < 4.78 is 0. The number of halogens is 1. The van der Waals surface area contributed by atoms with Crippen molar-refractivity contribution in [2.24, 2.45) is 11.7 Å². The third-order valence-electron chi connectivity index (χ3n) is 3.84. The Balaban J connectivity index is 0.00000361. The summed E-state index contributed by atoms with van der Waals surface area (Å²) in [6, 6.07) is 6.00. The molecule has 1 aromatic carbocycles. The van der Waals surface area contributed by atoms with E-state index < -0.39 is 0 Å². The second-order valence-corrected chi connectivity index (χ2v) is 5.67. The minimum absolute atomic E-state index is 0. The molecule has 114 valence electrons. The highest BCUT2D eigenvalue weighted by molar-refractivity contribution is 5.95. The first-order chi connectivity index (χ1) is 8.84. The molecule has 0 fully saturated rings. The molecule has 0 aromatic heterocycles. The normalized spacial score (nSPS) is 11.9. The zero-order chi connectivity index (χ0) is 14.6. The minimum atomic E-state index is 0. The Kier molecular flexibility index (Phi) is 7.84. The van der Waals surface area contributed by atoms with Gasteiger partial charge in [0.1, 0.15) is 0 Å². The molecular formula is C16H27ClN2O. The SMILES string of the molecule is Cc1cccc(C(=O)N(C)CCC(N)C(C)C)c1C.Cl. The van der Waals surface area contributed by atoms with Gasteiger partial charge in [-0.2, -0.15) is 0 Å². The van der Waals surface area contributed by atoms with Crippen LogP contribution in [0.1, 0.15) is 41.8 Å². The Hall–Kier alpha value is -1.06. The summed E-state index contributed by atoms with van der Waals surface area (Å²) in [7, 11) is 1.84. The first-order valence-electron chi connectivity index (χ1n) is 6.91. The number of nitrogens with two attached hydrogens (primary N) is 1. The van der Waals surface area contributed by atoms with Crippen LogP contribution in [0.4, 0.5) is 0 Å². The van der Waals surface area contributed by atoms with E-state index in [-0.39, 0.29) is 24.4 Å². The van der Waals surface area contributed by atoms with Gasteiger partial charge in [0.25, 0.3) is 5.91 Å². The van der Waals surface area contributed by atoms with Gasteiger partial charge in [0, 0.05) is 25.2 Å². The molecule has 1 aromatic rings. The van der Waals surface area contributed by atoms with Crippen LogP contribution in [0, 0.1) is 19.8 Å². The lowest BCUT2D eigenvalue weighted by Crippen LogP contribution is -2.35. The first-order valence-corrected chi connectivity index (χ1v) is 6.91. The van der Waals surface area contributed by atoms with E-state index in [1.54, 1.807) is 4.90 Å². The Morgan fingerprint density at radius 1 is 1.30 bits per heavy atom. The van der Waals surface area contributed by atoms with Gasteiger partial charge in [-0.3, -0.25) is 4.79 Å². The Morgan fingerprint density at radius 3 is 2.45 bits per heavy atom. The third-order valence-corrected chi connectivity index (χ3v) is 3.84. The molecule has 1 atom stereocenters. The summed E-state index contributed by atoms with van der Waals surface area (Å²) in [5.41, 5.74) is 9.03. The van der Waals surface area contributed by atoms with Crippen LogP contribution in [0.5, 0.6) is 0 Å². The molecule has 0 spiro atoms. The zero-order valence-corrected chi connectivity index (χ0v) is 14.0. The fourth-order valence-electron chi connectivity index (χ4n) is 1.97. The molecule has 0 saturated heterocycles. The van der Waals surface area contributed by atoms with Gasteiger partial charge in [-0.1, -0.05) is 26.0 Å². The van der Waals surface area contributed by atoms with Crippen LogP contribution in [0.3, 0.4) is 0 Å². The van der Waals surface area contributed by atoms with Crippen LogP contribution in [-0.2, 0) is 0 Å². The predicted molar refractivity (Wildman–Crippen MR) is 87.6 cm³/mol. The maximum absolute atomic E-state index is 12.4. The quantitative estimate of drug-likeness (QED) is 0.907. The van der Waals surface area contributed by atoms with Crippen molar-refractivity contribution in [3.8, 4) is 0 Å². The van der Waals surface area contributed by atoms with Gasteiger partial charge in [-0.25, -0.2) is 0 Å². The minimum Gasteiger partial charge on any atom is -0.342 e. The van der Waals surface area contributed by atoms with Gasteiger partial charge < -0.3 is 10.6 Å². The first kappa shape index (κ1) is 18.9. The number of nitrogens with zero attached hydrogens (tertiary/aromatic N) is 1. The lowest BCUT2D eigenvalue weighted by Gasteiger charge is -2.22. The second-order valence-electron chi connectivity index (χ2n) is 5.67. The monoisotopic (exact) mass is 298 g/mol. The maximum Gasteiger partial charge on any atom is 0.253 e. The van der Waals surface area contributed by atoms with E-state index in [2.05, 4.69) is 13.8 Å². The molecule has 0 radical (unpaired) electrons. The smallest absolute Gasteiger partial charge is 0.253 e. The van der Waals surface area contributed by atoms with Crippen LogP contribution in [-0.4, -0.2) is 30.4 Å². The summed E-state index contributed by atoms with van der Waals surface area (Å²) >= 11 is 0. The highest BCUT2D eigenvalue weighted by Crippen LogP contribution is 2.15. The van der Waals surface area contributed by atoms with Crippen molar-refractivity contribution in [3.63, 3.8) is 0 Å². The van der Waals surface area contributed by atoms with Gasteiger partial charge >= 0.3 is 0 Å². The van der Waals surface area contributed by atoms with Crippen LogP contribution in [0.2, 0.25) is 0 Å². The number of hydrogen-bond donors (Lipinski definition) is 1. The number of rotatable bonds is 5. The molecule has 3 nitrogen and oxygen atoms in total. The van der Waals surface area contributed by atoms with Crippen LogP contribution < -0.4 is 5.73 Å². The molecule has 0 aliphatic heterocycles. The molecule has 0 saturated carbocycles. The van der Waals surface area contributed by atoms with Crippen molar-refractivity contribution in [1.29, 1.82) is 0 Å². The van der Waals surface area contributed by atoms with Gasteiger partial charge in [0.2, 0.25) is 0 Å². The van der Waals surface area contributed by atoms with Crippen LogP contribution in [0.25, 0.3) is 0 Å². The zero-order valence-electron chi connectivity index (χ0n) is 13.1. The summed E-state index contributed by atoms with van der Waals surface area (Å²) in [5, 5.41) is 0. The highest BCUT2D eigenvalue weighted by Gasteiger charge is 2.16. The fraction of sp³-hybridized carbons (Fsp3) is 0.562. The van der Waals surface area contributed by atoms with Crippen molar-refractivity contribution in [2.75, 3.05) is 13.6 Å². The van der Waals surface area contributed by atoms with Crippen molar-refractivity contribution in [2.45, 2.75) is 40.2 Å². The topological polar surface area (TPSA) is 46.3 Å². The van der Waals surface area contributed by atoms with E-state index >= 15 is 0 Å². The van der Waals surface area contributed by atoms with E-state index in [0.29, 0.717) is 12.5 Å². The molecule has 2 N–H and O–H groups in total. The number of hydrogen-bond acceptors (Lipinski definition) is 2. The largest absolute Gasteiger partial charge is 0.342 e. The van der Waals surface area contributed by atoms with E-state index in [9.17, 15) is 4.79 Å². The molecule has 0 heterocycles. The summed E-state index contributed by atoms with van der Waals surface area (Å²) in [4.78, 5) is 14.2. The standard InChI is InChI=1S/C16H26N2O.ClH/c1-11(2)15(17)9-10-18(5)16(19)14-8-6-7-12(3)13(14)4;/h6-8,11,15H,9-10,17H2,1-5H3;1H. The Labute approximate surface area is 128 Å². The van der Waals surface area contributed by atoms with Crippen molar-refractivity contribution >= 4 is 18.3 Å². The summed E-state index contributed by atoms with van der Waals surface area (Å²) in [6.07, 6.45) is 0.838. The third kappa shape index (κ3) is 4.80. The average Bonchev–Trinajstić information content (AvgIpc) is 2.37. The van der Waals surface area contributed by atoms with Crippen molar-refractivity contribution < 1.29 is 4.79 Å². The van der Waals surface area contributed by atoms with Crippen molar-refractivity contribution in [1.82, 2.24) is 4.90 Å². The molecule has 0 bridgehead atoms. The highest BCUT2D eigenvalue weighted by atomic mass is 35.5. The predicted octanol–water partition coefficient (Wildman–Crippen LogP) is 3.17. The lowest BCUT2D eigenvalue weighted by molar-refractivity contribution is 0.0788. The van der Waals surface area contributed by atoms with E-state index in [4.69, 9.17) is 5.73 Å². The molecule has 0 aliphatic carbocycles. The van der Waals surface area contributed by atoms with Crippen LogP contribution in [0.15, 0.2) is 18.2 Å². The number of benzene rings is 1. The maximum atomic E-state index is 12.4. The number of aryl methyl sites for hydroxylation is 1. The molecule has 1 unspecified atom stereocenters. The van der Waals surface area contributed by atoms with E-state index in [0.717, 1.165) is 23.1 Å². The Bertz CT molecular complexity index is 446. The van der Waals surface area contributed by atoms with Crippen LogP contribution >= 0.6 is 12.4 Å². The molecule has 0 aliphatic rings. The molecule has 1 rings (SSSR count). The van der Waals surface area contributed by atoms with E-state index in [1.807, 2.05) is 39.1 Å². The van der Waals surface area contributed by atoms with Gasteiger partial charge in [-0.15, -0.1) is 12.4 Å². The van der Waals surface area contributed by atoms with Gasteiger partial charge in [-0.05, 0) is 43.4 Å². The van der Waals surface area contributed by atoms with E-state index in [1.165, 1.54) is 0 Å². The molecule has 1 amide bonds. The average molecular weight is 299 g/mol. The number of carbonyl (C=O) groups is 1. The summed E-state index contributed by atoms with van der Waals surface area (Å²) in [5.74, 6) is 0.529. The molecular weight excluding hydrogens is 272 g/mol. The van der Waals surface area contributed by atoms with Gasteiger partial charge in [0.05, 0.1) is 0 Å². The lowest BCUT2D eigenvalue weighted by atomic mass is 10.0. The van der Waals surface area contributed by atoms with Gasteiger partial charge in [0.15, 0.2) is 0 Å². The fourth-order valence-corrected chi connectivity index (χ4v) is 1.97. The number of carbonyl (C=O) groups excluding carboxylic acids is 1. The molecule has 20 heavy (non-hydrogen) atoms. The Morgan fingerprint density at radius 2 is 1.90 bits per heavy atom. The number of amides is 1. The molecule has 4 heteroatoms.